The minimum absolute atomic E-state index is 0.0319. The first-order valence-corrected chi connectivity index (χ1v) is 11.5. The Morgan fingerprint density at radius 2 is 1.69 bits per heavy atom. The van der Waals surface area contributed by atoms with Crippen LogP contribution in [0.2, 0.25) is 0 Å². The number of hydrogen-bond acceptors (Lipinski definition) is 7. The average Bonchev–Trinajstić information content (AvgIpc) is 2.87. The Balaban J connectivity index is 1.41. The second-order valence-electron chi connectivity index (χ2n) is 8.69. The van der Waals surface area contributed by atoms with Gasteiger partial charge in [-0.3, -0.25) is 0 Å². The Bertz CT molecular complexity index is 1170. The van der Waals surface area contributed by atoms with Crippen LogP contribution in [0.15, 0.2) is 36.7 Å². The second-order valence-corrected chi connectivity index (χ2v) is 8.69. The zero-order valence-corrected chi connectivity index (χ0v) is 20.4. The van der Waals surface area contributed by atoms with Crippen LogP contribution in [0.1, 0.15) is 35.4 Å². The van der Waals surface area contributed by atoms with E-state index in [1.807, 2.05) is 12.1 Å². The molecule has 0 bridgehead atoms. The number of benzene rings is 2. The largest absolute Gasteiger partial charge is 0.496 e. The van der Waals surface area contributed by atoms with Crippen LogP contribution in [0.3, 0.4) is 0 Å². The van der Waals surface area contributed by atoms with Gasteiger partial charge in [-0.05, 0) is 69.1 Å². The summed E-state index contributed by atoms with van der Waals surface area (Å²) in [6.07, 6.45) is 5.10. The van der Waals surface area contributed by atoms with Crippen LogP contribution >= 0.6 is 0 Å². The molecule has 0 radical (unpaired) electrons. The van der Waals surface area contributed by atoms with Crippen molar-refractivity contribution in [1.29, 1.82) is 0 Å². The van der Waals surface area contributed by atoms with Crippen LogP contribution in [-0.4, -0.2) is 49.2 Å². The van der Waals surface area contributed by atoms with E-state index in [1.54, 1.807) is 14.0 Å². The highest BCUT2D eigenvalue weighted by Gasteiger charge is 2.22. The van der Waals surface area contributed by atoms with Crippen LogP contribution in [-0.2, 0) is 6.61 Å². The summed E-state index contributed by atoms with van der Waals surface area (Å²) in [6, 6.07) is 7.33. The van der Waals surface area contributed by atoms with E-state index in [-0.39, 0.29) is 29.2 Å². The van der Waals surface area contributed by atoms with E-state index in [9.17, 15) is 8.78 Å². The summed E-state index contributed by atoms with van der Waals surface area (Å²) in [5, 5.41) is 3.16. The predicted molar refractivity (Wildman–Crippen MR) is 130 cm³/mol. The Labute approximate surface area is 204 Å². The van der Waals surface area contributed by atoms with Gasteiger partial charge in [0.1, 0.15) is 18.2 Å². The maximum Gasteiger partial charge on any atom is 0.227 e. The third-order valence-corrected chi connectivity index (χ3v) is 6.32. The molecule has 35 heavy (non-hydrogen) atoms. The molecular weight excluding hydrogens is 454 g/mol. The maximum atomic E-state index is 14.5. The number of nitrogens with one attached hydrogen (secondary N) is 1. The van der Waals surface area contributed by atoms with Crippen molar-refractivity contribution in [2.45, 2.75) is 32.3 Å². The van der Waals surface area contributed by atoms with Gasteiger partial charge in [0.05, 0.1) is 32.2 Å². The van der Waals surface area contributed by atoms with E-state index in [0.717, 1.165) is 37.4 Å². The van der Waals surface area contributed by atoms with Crippen LogP contribution in [0.5, 0.6) is 17.2 Å². The van der Waals surface area contributed by atoms with Gasteiger partial charge in [-0.15, -0.1) is 0 Å². The number of ether oxygens (including phenoxy) is 3. The van der Waals surface area contributed by atoms with E-state index in [2.05, 4.69) is 33.3 Å². The Hall–Kier alpha value is -3.46. The summed E-state index contributed by atoms with van der Waals surface area (Å²) < 4.78 is 45.0. The van der Waals surface area contributed by atoms with Gasteiger partial charge in [0.2, 0.25) is 5.95 Å². The molecule has 7 nitrogen and oxygen atoms in total. The molecular formula is C26H30F2N4O3. The van der Waals surface area contributed by atoms with E-state index >= 15 is 0 Å². The molecule has 2 heterocycles. The summed E-state index contributed by atoms with van der Waals surface area (Å²) in [5.74, 6) is 0.474. The normalized spacial score (nSPS) is 14.6. The van der Waals surface area contributed by atoms with Crippen molar-refractivity contribution >= 4 is 11.6 Å². The molecule has 1 saturated heterocycles. The predicted octanol–water partition coefficient (Wildman–Crippen LogP) is 5.21. The highest BCUT2D eigenvalue weighted by molar-refractivity contribution is 5.58. The molecule has 9 heteroatoms. The average molecular weight is 485 g/mol. The summed E-state index contributed by atoms with van der Waals surface area (Å²) in [7, 11) is 5.15. The van der Waals surface area contributed by atoms with Crippen molar-refractivity contribution in [2.24, 2.45) is 0 Å². The van der Waals surface area contributed by atoms with Gasteiger partial charge >= 0.3 is 0 Å². The van der Waals surface area contributed by atoms with Crippen molar-refractivity contribution in [3.05, 3.63) is 65.0 Å². The molecule has 186 valence electrons. The van der Waals surface area contributed by atoms with E-state index in [4.69, 9.17) is 14.2 Å². The molecule has 1 fully saturated rings. The third-order valence-electron chi connectivity index (χ3n) is 6.32. The number of anilines is 2. The number of rotatable bonds is 8. The fourth-order valence-electron chi connectivity index (χ4n) is 4.27. The number of aromatic nitrogens is 2. The molecule has 4 rings (SSSR count). The summed E-state index contributed by atoms with van der Waals surface area (Å²) in [4.78, 5) is 10.8. The third kappa shape index (κ3) is 5.62. The van der Waals surface area contributed by atoms with Crippen LogP contribution in [0.4, 0.5) is 20.4 Å². The molecule has 0 aliphatic carbocycles. The van der Waals surface area contributed by atoms with E-state index < -0.39 is 11.6 Å². The lowest BCUT2D eigenvalue weighted by molar-refractivity contribution is 0.252. The number of piperidine rings is 1. The standard InChI is InChI=1S/C26H30F2N4O3/c1-16-11-23(34-4)25(28)21(24(16)27)15-35-19-13-29-26(30-14-19)31-18-5-6-20(22(12-18)33-3)17-7-9-32(2)10-8-17/h5-6,11-14,17H,7-10,15H2,1-4H3,(H,29,30,31). The molecule has 0 saturated carbocycles. The molecule has 1 N–H and O–H groups in total. The Morgan fingerprint density at radius 3 is 2.34 bits per heavy atom. The van der Waals surface area contributed by atoms with Crippen molar-refractivity contribution in [3.8, 4) is 17.2 Å². The lowest BCUT2D eigenvalue weighted by atomic mass is 9.89. The maximum absolute atomic E-state index is 14.5. The summed E-state index contributed by atoms with van der Waals surface area (Å²) in [6.45, 7) is 3.38. The smallest absolute Gasteiger partial charge is 0.227 e. The summed E-state index contributed by atoms with van der Waals surface area (Å²) >= 11 is 0. The minimum atomic E-state index is -0.785. The van der Waals surface area contributed by atoms with Crippen molar-refractivity contribution in [3.63, 3.8) is 0 Å². The molecule has 1 aliphatic rings. The molecule has 0 atom stereocenters. The monoisotopic (exact) mass is 484 g/mol. The van der Waals surface area contributed by atoms with E-state index in [1.165, 1.54) is 31.1 Å². The number of likely N-dealkylation sites (tertiary alicyclic amines) is 1. The SMILES string of the molecule is COc1cc(Nc2ncc(OCc3c(F)c(C)cc(OC)c3F)cn2)ccc1C1CCN(C)CC1. The second kappa shape index (κ2) is 10.9. The Morgan fingerprint density at radius 1 is 1.00 bits per heavy atom. The van der Waals surface area contributed by atoms with Crippen LogP contribution < -0.4 is 19.5 Å². The van der Waals surface area contributed by atoms with Crippen molar-refractivity contribution in [1.82, 2.24) is 14.9 Å². The number of nitrogens with zero attached hydrogens (tertiary/aromatic N) is 3. The molecule has 1 aliphatic heterocycles. The Kier molecular flexibility index (Phi) is 7.65. The number of halogens is 2. The van der Waals surface area contributed by atoms with Gasteiger partial charge in [-0.2, -0.15) is 0 Å². The lowest BCUT2D eigenvalue weighted by Gasteiger charge is -2.30. The highest BCUT2D eigenvalue weighted by atomic mass is 19.1. The van der Waals surface area contributed by atoms with Gasteiger partial charge in [0.25, 0.3) is 0 Å². The number of aryl methyl sites for hydroxylation is 1. The number of methoxy groups -OCH3 is 2. The number of hydrogen-bond donors (Lipinski definition) is 1. The quantitative estimate of drug-likeness (QED) is 0.471. The van der Waals surface area contributed by atoms with E-state index in [0.29, 0.717) is 11.9 Å². The lowest BCUT2D eigenvalue weighted by Crippen LogP contribution is -2.29. The van der Waals surface area contributed by atoms with Crippen LogP contribution in [0, 0.1) is 18.6 Å². The molecule has 3 aromatic rings. The van der Waals surface area contributed by atoms with Gasteiger partial charge in [-0.25, -0.2) is 18.7 Å². The molecule has 2 aromatic carbocycles. The zero-order chi connectivity index (χ0) is 24.9. The fourth-order valence-corrected chi connectivity index (χ4v) is 4.27. The zero-order valence-electron chi connectivity index (χ0n) is 20.4. The minimum Gasteiger partial charge on any atom is -0.496 e. The van der Waals surface area contributed by atoms with Gasteiger partial charge in [-0.1, -0.05) is 6.07 Å². The first kappa shape index (κ1) is 24.7. The first-order chi connectivity index (χ1) is 16.9. The molecule has 0 unspecified atom stereocenters. The van der Waals surface area contributed by atoms with Gasteiger partial charge < -0.3 is 24.4 Å². The first-order valence-electron chi connectivity index (χ1n) is 11.5. The fraction of sp³-hybridized carbons (Fsp3) is 0.385. The molecule has 0 amide bonds. The van der Waals surface area contributed by atoms with Crippen molar-refractivity contribution in [2.75, 3.05) is 39.7 Å². The van der Waals surface area contributed by atoms with Crippen LogP contribution in [0.25, 0.3) is 0 Å². The molecule has 0 spiro atoms. The van der Waals surface area contributed by atoms with Gasteiger partial charge in [0.15, 0.2) is 17.3 Å². The highest BCUT2D eigenvalue weighted by Crippen LogP contribution is 2.36. The molecule has 1 aromatic heterocycles. The van der Waals surface area contributed by atoms with Gasteiger partial charge in [0, 0.05) is 11.8 Å². The van der Waals surface area contributed by atoms with Crippen molar-refractivity contribution < 1.29 is 23.0 Å². The summed E-state index contributed by atoms with van der Waals surface area (Å²) in [5.41, 5.74) is 2.07. The topological polar surface area (TPSA) is 68.7 Å².